The maximum Gasteiger partial charge on any atom is 0.226 e. The van der Waals surface area contributed by atoms with Gasteiger partial charge in [0.1, 0.15) is 12.1 Å². The number of benzene rings is 1. The van der Waals surface area contributed by atoms with Crippen LogP contribution in [0.15, 0.2) is 42.9 Å². The monoisotopic (exact) mass is 310 g/mol. The van der Waals surface area contributed by atoms with Crippen LogP contribution in [0.25, 0.3) is 0 Å². The van der Waals surface area contributed by atoms with Crippen molar-refractivity contribution in [3.63, 3.8) is 0 Å². The molecule has 23 heavy (non-hydrogen) atoms. The van der Waals surface area contributed by atoms with Crippen LogP contribution in [0.3, 0.4) is 0 Å². The van der Waals surface area contributed by atoms with E-state index in [-0.39, 0.29) is 5.91 Å². The highest BCUT2D eigenvalue weighted by Gasteiger charge is 2.22. The van der Waals surface area contributed by atoms with Gasteiger partial charge in [0.15, 0.2) is 0 Å². The number of nitrogens with zero attached hydrogens (tertiary/aromatic N) is 3. The zero-order valence-electron chi connectivity index (χ0n) is 13.4. The predicted octanol–water partition coefficient (Wildman–Crippen LogP) is 2.43. The molecule has 0 bridgehead atoms. The number of hydrogen-bond acceptors (Lipinski definition) is 4. The summed E-state index contributed by atoms with van der Waals surface area (Å²) in [5.74, 6) is 1.07. The van der Waals surface area contributed by atoms with E-state index in [4.69, 9.17) is 0 Å². The molecule has 1 saturated heterocycles. The molecule has 0 radical (unpaired) electrons. The fourth-order valence-electron chi connectivity index (χ4n) is 2.85. The lowest BCUT2D eigenvalue weighted by molar-refractivity contribution is -0.131. The first kappa shape index (κ1) is 15.5. The molecule has 1 fully saturated rings. The van der Waals surface area contributed by atoms with Gasteiger partial charge in [-0.3, -0.25) is 4.79 Å². The number of aromatic nitrogens is 2. The van der Waals surface area contributed by atoms with E-state index in [9.17, 15) is 4.79 Å². The lowest BCUT2D eigenvalue weighted by atomic mass is 10.0. The predicted molar refractivity (Wildman–Crippen MR) is 90.1 cm³/mol. The molecule has 1 aromatic carbocycles. The minimum absolute atomic E-state index is 0.217. The summed E-state index contributed by atoms with van der Waals surface area (Å²) in [7, 11) is 0. The second kappa shape index (κ2) is 7.22. The van der Waals surface area contributed by atoms with Crippen LogP contribution in [0.5, 0.6) is 0 Å². The van der Waals surface area contributed by atoms with Gasteiger partial charge in [-0.25, -0.2) is 9.97 Å². The smallest absolute Gasteiger partial charge is 0.226 e. The Bertz CT molecular complexity index is 634. The third-order valence-electron chi connectivity index (χ3n) is 4.26. The Morgan fingerprint density at radius 1 is 1.22 bits per heavy atom. The van der Waals surface area contributed by atoms with Crippen molar-refractivity contribution >= 4 is 11.7 Å². The third-order valence-corrected chi connectivity index (χ3v) is 4.26. The summed E-state index contributed by atoms with van der Waals surface area (Å²) < 4.78 is 0. The van der Waals surface area contributed by atoms with Crippen LogP contribution < -0.4 is 5.32 Å². The van der Waals surface area contributed by atoms with Crippen LogP contribution >= 0.6 is 0 Å². The van der Waals surface area contributed by atoms with Gasteiger partial charge < -0.3 is 10.2 Å². The van der Waals surface area contributed by atoms with E-state index in [1.807, 2.05) is 23.1 Å². The number of nitrogens with one attached hydrogen (secondary N) is 1. The molecule has 1 amide bonds. The Morgan fingerprint density at radius 3 is 2.61 bits per heavy atom. The minimum Gasteiger partial charge on any atom is -0.367 e. The Kier molecular flexibility index (Phi) is 4.86. The SMILES string of the molecule is Cc1ccc(CC(=O)N2CCC(Nc3ccncn3)CC2)cc1. The van der Waals surface area contributed by atoms with Gasteiger partial charge in [-0.05, 0) is 31.4 Å². The molecule has 120 valence electrons. The van der Waals surface area contributed by atoms with E-state index in [0.717, 1.165) is 37.3 Å². The molecule has 1 N–H and O–H groups in total. The average Bonchev–Trinajstić information content (AvgIpc) is 2.58. The van der Waals surface area contributed by atoms with E-state index in [1.54, 1.807) is 12.5 Å². The fourth-order valence-corrected chi connectivity index (χ4v) is 2.85. The van der Waals surface area contributed by atoms with Gasteiger partial charge in [0.2, 0.25) is 5.91 Å². The van der Waals surface area contributed by atoms with E-state index in [1.165, 1.54) is 5.56 Å². The first-order valence-corrected chi connectivity index (χ1v) is 8.06. The lowest BCUT2D eigenvalue weighted by Gasteiger charge is -2.32. The number of anilines is 1. The largest absolute Gasteiger partial charge is 0.367 e. The van der Waals surface area contributed by atoms with Crippen molar-refractivity contribution in [2.45, 2.75) is 32.2 Å². The van der Waals surface area contributed by atoms with Crippen LogP contribution in [-0.2, 0) is 11.2 Å². The summed E-state index contributed by atoms with van der Waals surface area (Å²) in [5.41, 5.74) is 2.31. The van der Waals surface area contributed by atoms with Crippen LogP contribution in [0.2, 0.25) is 0 Å². The van der Waals surface area contributed by atoms with Crippen molar-refractivity contribution in [1.82, 2.24) is 14.9 Å². The van der Waals surface area contributed by atoms with Crippen LogP contribution in [0.1, 0.15) is 24.0 Å². The zero-order chi connectivity index (χ0) is 16.1. The summed E-state index contributed by atoms with van der Waals surface area (Å²) in [4.78, 5) is 22.5. The maximum atomic E-state index is 12.4. The zero-order valence-corrected chi connectivity index (χ0v) is 13.4. The maximum absolute atomic E-state index is 12.4. The second-order valence-corrected chi connectivity index (χ2v) is 6.06. The number of carbonyl (C=O) groups is 1. The molecule has 5 nitrogen and oxygen atoms in total. The van der Waals surface area contributed by atoms with Crippen molar-refractivity contribution < 1.29 is 4.79 Å². The average molecular weight is 310 g/mol. The van der Waals surface area contributed by atoms with Crippen LogP contribution in [-0.4, -0.2) is 39.9 Å². The number of piperidine rings is 1. The second-order valence-electron chi connectivity index (χ2n) is 6.06. The standard InChI is InChI=1S/C18H22N4O/c1-14-2-4-15(5-3-14)12-18(23)22-10-7-16(8-11-22)21-17-6-9-19-13-20-17/h2-6,9,13,16H,7-8,10-12H2,1H3,(H,19,20,21). The lowest BCUT2D eigenvalue weighted by Crippen LogP contribution is -2.43. The van der Waals surface area contributed by atoms with Gasteiger partial charge in [-0.1, -0.05) is 29.8 Å². The minimum atomic E-state index is 0.217. The summed E-state index contributed by atoms with van der Waals surface area (Å²) in [6.45, 7) is 3.65. The molecular weight excluding hydrogens is 288 g/mol. The van der Waals surface area contributed by atoms with Gasteiger partial charge in [0, 0.05) is 25.3 Å². The molecule has 0 unspecified atom stereocenters. The topological polar surface area (TPSA) is 58.1 Å². The van der Waals surface area contributed by atoms with E-state index in [2.05, 4.69) is 34.3 Å². The first-order valence-electron chi connectivity index (χ1n) is 8.06. The van der Waals surface area contributed by atoms with Crippen LogP contribution in [0, 0.1) is 6.92 Å². The molecular formula is C18H22N4O. The highest BCUT2D eigenvalue weighted by Crippen LogP contribution is 2.16. The summed E-state index contributed by atoms with van der Waals surface area (Å²) in [6, 6.07) is 10.4. The molecule has 0 spiro atoms. The number of amides is 1. The summed E-state index contributed by atoms with van der Waals surface area (Å²) in [6.07, 6.45) is 5.66. The fraction of sp³-hybridized carbons (Fsp3) is 0.389. The quantitative estimate of drug-likeness (QED) is 0.942. The number of carbonyl (C=O) groups excluding carboxylic acids is 1. The molecule has 0 atom stereocenters. The molecule has 0 saturated carbocycles. The van der Waals surface area contributed by atoms with Crippen molar-refractivity contribution in [1.29, 1.82) is 0 Å². The normalized spacial score (nSPS) is 15.4. The van der Waals surface area contributed by atoms with Gasteiger partial charge in [0.05, 0.1) is 6.42 Å². The highest BCUT2D eigenvalue weighted by atomic mass is 16.2. The molecule has 0 aliphatic carbocycles. The van der Waals surface area contributed by atoms with E-state index < -0.39 is 0 Å². The van der Waals surface area contributed by atoms with Crippen molar-refractivity contribution in [3.8, 4) is 0 Å². The van der Waals surface area contributed by atoms with Gasteiger partial charge >= 0.3 is 0 Å². The van der Waals surface area contributed by atoms with Crippen molar-refractivity contribution in [2.24, 2.45) is 0 Å². The van der Waals surface area contributed by atoms with Gasteiger partial charge in [-0.2, -0.15) is 0 Å². The Balaban J connectivity index is 1.48. The number of hydrogen-bond donors (Lipinski definition) is 1. The molecule has 1 aliphatic rings. The molecule has 3 rings (SSSR count). The number of aryl methyl sites for hydroxylation is 1. The molecule has 2 heterocycles. The Labute approximate surface area is 136 Å². The molecule has 1 aliphatic heterocycles. The highest BCUT2D eigenvalue weighted by molar-refractivity contribution is 5.78. The third kappa shape index (κ3) is 4.28. The van der Waals surface area contributed by atoms with E-state index in [0.29, 0.717) is 12.5 Å². The van der Waals surface area contributed by atoms with Crippen molar-refractivity contribution in [3.05, 3.63) is 54.0 Å². The molecule has 1 aromatic heterocycles. The van der Waals surface area contributed by atoms with Crippen molar-refractivity contribution in [2.75, 3.05) is 18.4 Å². The molecule has 5 heteroatoms. The summed E-state index contributed by atoms with van der Waals surface area (Å²) in [5, 5.41) is 3.41. The van der Waals surface area contributed by atoms with Gasteiger partial charge in [0.25, 0.3) is 0 Å². The number of rotatable bonds is 4. The summed E-state index contributed by atoms with van der Waals surface area (Å²) >= 11 is 0. The first-order chi connectivity index (χ1) is 11.2. The number of likely N-dealkylation sites (tertiary alicyclic amines) is 1. The Hall–Kier alpha value is -2.43. The van der Waals surface area contributed by atoms with E-state index >= 15 is 0 Å². The van der Waals surface area contributed by atoms with Gasteiger partial charge in [-0.15, -0.1) is 0 Å². The van der Waals surface area contributed by atoms with Crippen LogP contribution in [0.4, 0.5) is 5.82 Å². The Morgan fingerprint density at radius 2 is 1.96 bits per heavy atom. The molecule has 2 aromatic rings.